The first-order chi connectivity index (χ1) is 9.19. The van der Waals surface area contributed by atoms with Crippen molar-refractivity contribution in [1.29, 1.82) is 0 Å². The summed E-state index contributed by atoms with van der Waals surface area (Å²) in [6.45, 7) is 1.49. The van der Waals surface area contributed by atoms with Crippen molar-refractivity contribution in [2.75, 3.05) is 33.9 Å². The van der Waals surface area contributed by atoms with Crippen LogP contribution in [0.25, 0.3) is 0 Å². The number of rotatable bonds is 8. The van der Waals surface area contributed by atoms with Gasteiger partial charge in [-0.15, -0.1) is 0 Å². The average molecular weight is 287 g/mol. The molecule has 106 valence electrons. The third kappa shape index (κ3) is 5.46. The van der Waals surface area contributed by atoms with Gasteiger partial charge in [-0.2, -0.15) is 0 Å². The lowest BCUT2D eigenvalue weighted by molar-refractivity contribution is -0.123. The van der Waals surface area contributed by atoms with Gasteiger partial charge in [0.15, 0.2) is 6.61 Å². The van der Waals surface area contributed by atoms with E-state index in [2.05, 4.69) is 10.6 Å². The third-order valence-electron chi connectivity index (χ3n) is 2.42. The third-order valence-corrected chi connectivity index (χ3v) is 2.77. The minimum absolute atomic E-state index is 0.0409. The Hall–Kier alpha value is -1.30. The van der Waals surface area contributed by atoms with Crippen molar-refractivity contribution in [2.24, 2.45) is 0 Å². The highest BCUT2D eigenvalue weighted by atomic mass is 35.5. The van der Waals surface area contributed by atoms with E-state index in [0.29, 0.717) is 30.5 Å². The number of hydrogen-bond acceptors (Lipinski definition) is 4. The van der Waals surface area contributed by atoms with E-state index < -0.39 is 0 Å². The zero-order valence-electron chi connectivity index (χ0n) is 11.2. The van der Waals surface area contributed by atoms with E-state index in [0.717, 1.165) is 5.56 Å². The lowest BCUT2D eigenvalue weighted by Crippen LogP contribution is -2.31. The van der Waals surface area contributed by atoms with Crippen LogP contribution in [0.2, 0.25) is 5.02 Å². The molecule has 1 rings (SSSR count). The van der Waals surface area contributed by atoms with Gasteiger partial charge in [0.2, 0.25) is 0 Å². The molecule has 1 amide bonds. The van der Waals surface area contributed by atoms with Crippen LogP contribution in [0.1, 0.15) is 5.56 Å². The maximum Gasteiger partial charge on any atom is 0.258 e. The normalized spacial score (nSPS) is 10.3. The van der Waals surface area contributed by atoms with Gasteiger partial charge in [0.25, 0.3) is 5.91 Å². The number of carbonyl (C=O) groups excluding carboxylic acids is 1. The van der Waals surface area contributed by atoms with Gasteiger partial charge in [0.1, 0.15) is 5.75 Å². The summed E-state index contributed by atoms with van der Waals surface area (Å²) < 4.78 is 10.3. The Morgan fingerprint density at radius 1 is 1.42 bits per heavy atom. The highest BCUT2D eigenvalue weighted by Gasteiger charge is 2.09. The smallest absolute Gasteiger partial charge is 0.258 e. The molecule has 2 N–H and O–H groups in total. The van der Waals surface area contributed by atoms with Crippen LogP contribution in [0.15, 0.2) is 18.2 Å². The molecule has 0 aromatic heterocycles. The maximum absolute atomic E-state index is 11.5. The monoisotopic (exact) mass is 286 g/mol. The fourth-order valence-electron chi connectivity index (χ4n) is 1.51. The molecule has 0 saturated heterocycles. The van der Waals surface area contributed by atoms with Crippen molar-refractivity contribution in [3.63, 3.8) is 0 Å². The van der Waals surface area contributed by atoms with Crippen molar-refractivity contribution in [1.82, 2.24) is 10.6 Å². The first kappa shape index (κ1) is 15.8. The van der Waals surface area contributed by atoms with Gasteiger partial charge in [-0.25, -0.2) is 0 Å². The summed E-state index contributed by atoms with van der Waals surface area (Å²) in [4.78, 5) is 11.5. The summed E-state index contributed by atoms with van der Waals surface area (Å²) in [5.74, 6) is 0.427. The molecule has 1 aromatic rings. The fourth-order valence-corrected chi connectivity index (χ4v) is 1.74. The van der Waals surface area contributed by atoms with Crippen LogP contribution in [0.4, 0.5) is 0 Å². The lowest BCUT2D eigenvalue weighted by Gasteiger charge is -2.12. The minimum atomic E-state index is -0.188. The standard InChI is InChI=1S/C13H19ClN2O3/c1-15-8-10-11(14)4-3-5-12(10)19-9-13(17)16-6-7-18-2/h3-5,15H,6-9H2,1-2H3,(H,16,17). The summed E-state index contributed by atoms with van der Waals surface area (Å²) in [6, 6.07) is 5.38. The molecule has 0 unspecified atom stereocenters. The zero-order valence-corrected chi connectivity index (χ0v) is 11.9. The first-order valence-electron chi connectivity index (χ1n) is 5.99. The number of halogens is 1. The van der Waals surface area contributed by atoms with Crippen molar-refractivity contribution in [2.45, 2.75) is 6.54 Å². The van der Waals surface area contributed by atoms with E-state index in [1.807, 2.05) is 7.05 Å². The van der Waals surface area contributed by atoms with Gasteiger partial charge in [0, 0.05) is 30.8 Å². The Kier molecular flexibility index (Phi) is 7.25. The highest BCUT2D eigenvalue weighted by molar-refractivity contribution is 6.31. The molecule has 0 aliphatic carbocycles. The van der Waals surface area contributed by atoms with Crippen LogP contribution < -0.4 is 15.4 Å². The number of nitrogens with one attached hydrogen (secondary N) is 2. The van der Waals surface area contributed by atoms with E-state index in [4.69, 9.17) is 21.1 Å². The molecule has 0 aliphatic rings. The average Bonchev–Trinajstić information content (AvgIpc) is 2.40. The van der Waals surface area contributed by atoms with Gasteiger partial charge in [-0.3, -0.25) is 4.79 Å². The van der Waals surface area contributed by atoms with Gasteiger partial charge in [-0.1, -0.05) is 17.7 Å². The Labute approximate surface area is 118 Å². The maximum atomic E-state index is 11.5. The highest BCUT2D eigenvalue weighted by Crippen LogP contribution is 2.26. The van der Waals surface area contributed by atoms with Gasteiger partial charge >= 0.3 is 0 Å². The Morgan fingerprint density at radius 2 is 2.21 bits per heavy atom. The molecule has 0 aliphatic heterocycles. The van der Waals surface area contributed by atoms with Crippen molar-refractivity contribution >= 4 is 17.5 Å². The number of methoxy groups -OCH3 is 1. The van der Waals surface area contributed by atoms with E-state index in [9.17, 15) is 4.79 Å². The van der Waals surface area contributed by atoms with Crippen LogP contribution in [-0.4, -0.2) is 39.8 Å². The van der Waals surface area contributed by atoms with E-state index >= 15 is 0 Å². The van der Waals surface area contributed by atoms with Crippen molar-refractivity contribution < 1.29 is 14.3 Å². The number of benzene rings is 1. The summed E-state index contributed by atoms with van der Waals surface area (Å²) in [5.41, 5.74) is 0.844. The minimum Gasteiger partial charge on any atom is -0.483 e. The molecular weight excluding hydrogens is 268 g/mol. The van der Waals surface area contributed by atoms with Gasteiger partial charge in [-0.05, 0) is 19.2 Å². The quantitative estimate of drug-likeness (QED) is 0.705. The molecule has 6 heteroatoms. The van der Waals surface area contributed by atoms with Crippen LogP contribution in [0.5, 0.6) is 5.75 Å². The molecule has 0 heterocycles. The molecule has 0 radical (unpaired) electrons. The van der Waals surface area contributed by atoms with Crippen molar-refractivity contribution in [3.05, 3.63) is 28.8 Å². The number of hydrogen-bond donors (Lipinski definition) is 2. The second-order valence-electron chi connectivity index (χ2n) is 3.88. The second-order valence-corrected chi connectivity index (χ2v) is 4.29. The number of amides is 1. The van der Waals surface area contributed by atoms with Crippen LogP contribution in [0.3, 0.4) is 0 Å². The Morgan fingerprint density at radius 3 is 2.89 bits per heavy atom. The molecular formula is C13H19ClN2O3. The topological polar surface area (TPSA) is 59.6 Å². The Bertz CT molecular complexity index is 413. The molecule has 0 spiro atoms. The molecule has 19 heavy (non-hydrogen) atoms. The van der Waals surface area contributed by atoms with Crippen molar-refractivity contribution in [3.8, 4) is 5.75 Å². The van der Waals surface area contributed by atoms with E-state index in [1.54, 1.807) is 25.3 Å². The molecule has 0 atom stereocenters. The van der Waals surface area contributed by atoms with E-state index in [-0.39, 0.29) is 12.5 Å². The molecule has 0 fully saturated rings. The van der Waals surface area contributed by atoms with Gasteiger partial charge < -0.3 is 20.1 Å². The first-order valence-corrected chi connectivity index (χ1v) is 6.37. The SMILES string of the molecule is CNCc1c(Cl)cccc1OCC(=O)NCCOC. The summed E-state index contributed by atoms with van der Waals surface area (Å²) in [7, 11) is 3.41. The number of carbonyl (C=O) groups is 1. The summed E-state index contributed by atoms with van der Waals surface area (Å²) >= 11 is 6.09. The zero-order chi connectivity index (χ0) is 14.1. The van der Waals surface area contributed by atoms with Crippen LogP contribution in [0, 0.1) is 0 Å². The molecule has 0 saturated carbocycles. The predicted molar refractivity (Wildman–Crippen MR) is 74.6 cm³/mol. The summed E-state index contributed by atoms with van der Waals surface area (Å²) in [6.07, 6.45) is 0. The molecule has 5 nitrogen and oxygen atoms in total. The molecule has 1 aromatic carbocycles. The lowest BCUT2D eigenvalue weighted by atomic mass is 10.2. The Balaban J connectivity index is 2.52. The van der Waals surface area contributed by atoms with E-state index in [1.165, 1.54) is 0 Å². The predicted octanol–water partition coefficient (Wildman–Crippen LogP) is 1.20. The number of ether oxygens (including phenoxy) is 2. The largest absolute Gasteiger partial charge is 0.483 e. The van der Waals surface area contributed by atoms with Gasteiger partial charge in [0.05, 0.1) is 6.61 Å². The van der Waals surface area contributed by atoms with Crippen LogP contribution in [-0.2, 0) is 16.1 Å². The molecule has 0 bridgehead atoms. The second kappa shape index (κ2) is 8.74. The summed E-state index contributed by atoms with van der Waals surface area (Å²) in [5, 5.41) is 6.31. The fraction of sp³-hybridized carbons (Fsp3) is 0.462. The van der Waals surface area contributed by atoms with Crippen LogP contribution >= 0.6 is 11.6 Å².